The standard InChI is InChI=1S/C71H129N3O26/c1-5-7-9-11-13-15-17-19-20-21-22-23-24-26-28-30-32-34-36-38-54(84)74-47(48(81)37-35-33-31-29-27-25-18-16-14-12-10-8-6-2)44-93-68-61(89)60(88)63(52(42-77)95-68)97-69-62(90)66(64(53(43-78)96-69)98-67-56(73-46(4)80)59(87)58(86)51(41-76)94-67)100-71(70(91)92)39-49(82)55(72-45(3)79)65(99-71)57(85)50(83)40-75/h35,37,47-53,55-69,75-78,81-83,85-90H,5-34,36,38-44H2,1-4H3,(H,72,79)(H,73,80)(H,74,84)(H,91,92)/t47-,48+,49-,50+,51+,52+,53+,55+,56+,57+,58-,59+,60+,61+,62+,63+,64-,65?,66+,67-,68+,69-,71-/m0/s1. The Morgan fingerprint density at radius 1 is 0.520 bits per heavy atom. The van der Waals surface area contributed by atoms with E-state index in [9.17, 15) is 90.7 Å². The number of aliphatic carboxylic acids is 1. The van der Waals surface area contributed by atoms with Crippen LogP contribution in [0.25, 0.3) is 0 Å². The molecule has 1 unspecified atom stereocenters. The summed E-state index contributed by atoms with van der Waals surface area (Å²) in [5.74, 6) is -7.36. The molecule has 4 rings (SSSR count). The van der Waals surface area contributed by atoms with Crippen molar-refractivity contribution in [3.05, 3.63) is 12.2 Å². The van der Waals surface area contributed by atoms with Crippen molar-refractivity contribution < 1.29 is 129 Å². The number of carbonyl (C=O) groups excluding carboxylic acids is 3. The van der Waals surface area contributed by atoms with E-state index in [0.29, 0.717) is 12.8 Å². The number of amides is 3. The summed E-state index contributed by atoms with van der Waals surface area (Å²) < 4.78 is 47.9. The average Bonchev–Trinajstić information content (AvgIpc) is 0.750. The normalized spacial score (nSPS) is 31.5. The third-order valence-electron chi connectivity index (χ3n) is 19.5. The monoisotopic (exact) mass is 1440 g/mol. The highest BCUT2D eigenvalue weighted by Gasteiger charge is 2.62. The van der Waals surface area contributed by atoms with E-state index in [0.717, 1.165) is 65.2 Å². The fourth-order valence-electron chi connectivity index (χ4n) is 13.5. The Morgan fingerprint density at radius 2 is 0.970 bits per heavy atom. The molecule has 100 heavy (non-hydrogen) atoms. The zero-order chi connectivity index (χ0) is 73.6. The van der Waals surface area contributed by atoms with Crippen molar-refractivity contribution in [2.75, 3.05) is 33.0 Å². The molecule has 0 aliphatic carbocycles. The van der Waals surface area contributed by atoms with Crippen molar-refractivity contribution in [2.45, 2.75) is 380 Å². The van der Waals surface area contributed by atoms with Crippen molar-refractivity contribution in [2.24, 2.45) is 0 Å². The van der Waals surface area contributed by atoms with Crippen molar-refractivity contribution >= 4 is 23.7 Å². The lowest BCUT2D eigenvalue weighted by molar-refractivity contribution is -0.401. The predicted molar refractivity (Wildman–Crippen MR) is 364 cm³/mol. The summed E-state index contributed by atoms with van der Waals surface area (Å²) in [4.78, 5) is 52.0. The second-order valence-electron chi connectivity index (χ2n) is 27.9. The fourth-order valence-corrected chi connectivity index (χ4v) is 13.5. The summed E-state index contributed by atoms with van der Waals surface area (Å²) in [5, 5.41) is 163. The van der Waals surface area contributed by atoms with Crippen molar-refractivity contribution in [3.63, 3.8) is 0 Å². The van der Waals surface area contributed by atoms with Gasteiger partial charge < -0.3 is 125 Å². The summed E-state index contributed by atoms with van der Waals surface area (Å²) in [5.41, 5.74) is 0. The lowest BCUT2D eigenvalue weighted by atomic mass is 9.88. The molecule has 4 aliphatic heterocycles. The van der Waals surface area contributed by atoms with E-state index in [1.807, 2.05) is 6.08 Å². The van der Waals surface area contributed by atoms with Crippen LogP contribution in [0, 0.1) is 0 Å². The number of carbonyl (C=O) groups is 4. The number of aliphatic hydroxyl groups is 13. The second-order valence-corrected chi connectivity index (χ2v) is 27.9. The van der Waals surface area contributed by atoms with Gasteiger partial charge in [0.2, 0.25) is 17.7 Å². The summed E-state index contributed by atoms with van der Waals surface area (Å²) in [6, 6.07) is -4.52. The van der Waals surface area contributed by atoms with Gasteiger partial charge in [0.25, 0.3) is 5.79 Å². The quantitative estimate of drug-likeness (QED) is 0.0307. The first-order valence-corrected chi connectivity index (χ1v) is 37.6. The molecule has 0 saturated carbocycles. The van der Waals surface area contributed by atoms with E-state index < -0.39 is 198 Å². The number of rotatable bonds is 53. The number of carboxylic acid groups (broad SMARTS) is 1. The minimum absolute atomic E-state index is 0.162. The number of ether oxygens (including phenoxy) is 8. The zero-order valence-electron chi connectivity index (χ0n) is 59.9. The molecule has 4 fully saturated rings. The molecule has 0 aromatic carbocycles. The van der Waals surface area contributed by atoms with Gasteiger partial charge >= 0.3 is 5.97 Å². The van der Waals surface area contributed by atoms with E-state index in [4.69, 9.17) is 37.9 Å². The average molecular weight is 1440 g/mol. The van der Waals surface area contributed by atoms with E-state index in [1.165, 1.54) is 135 Å². The van der Waals surface area contributed by atoms with Crippen LogP contribution >= 0.6 is 0 Å². The number of carboxylic acids is 1. The lowest BCUT2D eigenvalue weighted by Gasteiger charge is -2.52. The van der Waals surface area contributed by atoms with Crippen LogP contribution in [-0.2, 0) is 57.1 Å². The first kappa shape index (κ1) is 89.2. The number of nitrogens with one attached hydrogen (secondary N) is 3. The molecule has 4 saturated heterocycles. The van der Waals surface area contributed by atoms with Crippen LogP contribution < -0.4 is 16.0 Å². The van der Waals surface area contributed by atoms with Crippen LogP contribution in [0.4, 0.5) is 0 Å². The van der Waals surface area contributed by atoms with Gasteiger partial charge in [0.15, 0.2) is 18.9 Å². The minimum atomic E-state index is -3.28. The molecule has 0 radical (unpaired) electrons. The highest BCUT2D eigenvalue weighted by molar-refractivity contribution is 5.77. The smallest absolute Gasteiger partial charge is 0.364 e. The molecule has 0 bridgehead atoms. The van der Waals surface area contributed by atoms with Crippen LogP contribution in [0.3, 0.4) is 0 Å². The number of hydrogen-bond acceptors (Lipinski definition) is 25. The molecular weight excluding hydrogens is 1310 g/mol. The third-order valence-corrected chi connectivity index (χ3v) is 19.5. The molecule has 23 atom stereocenters. The van der Waals surface area contributed by atoms with Gasteiger partial charge in [-0.15, -0.1) is 0 Å². The van der Waals surface area contributed by atoms with Gasteiger partial charge in [-0.1, -0.05) is 206 Å². The van der Waals surface area contributed by atoms with Crippen LogP contribution in [0.1, 0.15) is 240 Å². The Kier molecular flexibility index (Phi) is 44.2. The fraction of sp³-hybridized carbons (Fsp3) is 0.915. The van der Waals surface area contributed by atoms with Crippen LogP contribution in [-0.4, -0.2) is 269 Å². The van der Waals surface area contributed by atoms with E-state index in [1.54, 1.807) is 6.08 Å². The predicted octanol–water partition coefficient (Wildman–Crippen LogP) is 2.69. The molecule has 0 aromatic heterocycles. The van der Waals surface area contributed by atoms with Crippen LogP contribution in [0.2, 0.25) is 0 Å². The Morgan fingerprint density at radius 3 is 1.45 bits per heavy atom. The zero-order valence-corrected chi connectivity index (χ0v) is 59.9. The Labute approximate surface area is 591 Å². The van der Waals surface area contributed by atoms with Crippen LogP contribution in [0.15, 0.2) is 12.2 Å². The van der Waals surface area contributed by atoms with Gasteiger partial charge in [0.05, 0.1) is 57.3 Å². The van der Waals surface area contributed by atoms with Gasteiger partial charge in [-0.25, -0.2) is 4.79 Å². The second kappa shape index (κ2) is 49.5. The highest BCUT2D eigenvalue weighted by atomic mass is 16.8. The SMILES string of the molecule is CCCCCCCCCCCCCC=C[C@@H](O)[C@H](CO[C@@H]1O[C@H](CO)[C@@H](O[C@@H]2O[C@H](CO)[C@H](O[C@@H]3O[C@H](CO)[C@H](O)[C@H](O)[C@H]3NC(C)=O)[C@H](O[C@]3(C(=O)O)C[C@H](O)[C@@H](NC(C)=O)C([C@H](O)[C@H](O)CO)O3)[C@H]2O)[C@H](O)[C@H]1O)NC(=O)CCCCCCCCCCCCCCCCCCCCC. The van der Waals surface area contributed by atoms with Crippen molar-refractivity contribution in [1.29, 1.82) is 0 Å². The summed E-state index contributed by atoms with van der Waals surface area (Å²) in [7, 11) is 0. The maximum atomic E-state index is 13.6. The molecule has 4 heterocycles. The van der Waals surface area contributed by atoms with Gasteiger partial charge in [-0.2, -0.15) is 0 Å². The molecule has 3 amide bonds. The minimum Gasteiger partial charge on any atom is -0.477 e. The maximum Gasteiger partial charge on any atom is 0.364 e. The molecule has 29 heteroatoms. The van der Waals surface area contributed by atoms with E-state index >= 15 is 0 Å². The molecule has 584 valence electrons. The molecule has 0 aromatic rings. The molecule has 17 N–H and O–H groups in total. The Bertz CT molecular complexity index is 2250. The first-order valence-electron chi connectivity index (χ1n) is 37.6. The third kappa shape index (κ3) is 30.0. The Hall–Kier alpha value is -3.22. The number of aliphatic hydroxyl groups excluding tert-OH is 13. The summed E-state index contributed by atoms with van der Waals surface area (Å²) >= 11 is 0. The summed E-state index contributed by atoms with van der Waals surface area (Å²) in [6.07, 6.45) is 0.923. The van der Waals surface area contributed by atoms with E-state index in [2.05, 4.69) is 29.8 Å². The van der Waals surface area contributed by atoms with Gasteiger partial charge in [0, 0.05) is 26.7 Å². The number of allylic oxidation sites excluding steroid dienone is 1. The molecule has 4 aliphatic rings. The van der Waals surface area contributed by atoms with Crippen molar-refractivity contribution in [3.8, 4) is 0 Å². The summed E-state index contributed by atoms with van der Waals surface area (Å²) in [6.45, 7) is 1.75. The van der Waals surface area contributed by atoms with Gasteiger partial charge in [0.1, 0.15) is 91.5 Å². The number of unbranched alkanes of at least 4 members (excludes halogenated alkanes) is 29. The number of hydrogen-bond donors (Lipinski definition) is 17. The molecule has 0 spiro atoms. The molecular formula is C71H129N3O26. The first-order chi connectivity index (χ1) is 48.0. The highest BCUT2D eigenvalue weighted by Crippen LogP contribution is 2.40. The van der Waals surface area contributed by atoms with Gasteiger partial charge in [-0.05, 0) is 19.3 Å². The molecule has 29 nitrogen and oxygen atoms in total. The lowest BCUT2D eigenvalue weighted by Crippen LogP contribution is -2.72. The maximum absolute atomic E-state index is 13.6. The van der Waals surface area contributed by atoms with Crippen molar-refractivity contribution in [1.82, 2.24) is 16.0 Å². The van der Waals surface area contributed by atoms with Gasteiger partial charge in [-0.3, -0.25) is 14.4 Å². The largest absolute Gasteiger partial charge is 0.477 e. The van der Waals surface area contributed by atoms with E-state index in [-0.39, 0.29) is 12.3 Å². The Balaban J connectivity index is 1.50. The topological polar surface area (TPSA) is 461 Å². The van der Waals surface area contributed by atoms with Crippen LogP contribution in [0.5, 0.6) is 0 Å².